The van der Waals surface area contributed by atoms with Crippen LogP contribution in [-0.4, -0.2) is 33.2 Å². The van der Waals surface area contributed by atoms with Crippen molar-refractivity contribution < 1.29 is 29.7 Å². The number of carboxylic acid groups (broad SMARTS) is 3. The summed E-state index contributed by atoms with van der Waals surface area (Å²) in [6, 6.07) is 0. The molecule has 0 saturated carbocycles. The first kappa shape index (κ1) is 27.4. The molecular formula is C23H42O6. The van der Waals surface area contributed by atoms with E-state index in [0.717, 1.165) is 25.7 Å². The second-order valence-corrected chi connectivity index (χ2v) is 8.32. The van der Waals surface area contributed by atoms with Gasteiger partial charge in [0.1, 0.15) is 0 Å². The standard InChI is InChI=1S/C23H42O6/c1-2-3-4-5-6-7-8-9-10-11-12-13-14-15-16-17-18-23(21(26)27,22(28)29)19-20(24)25/h2-19H2,1H3,(H,24,25)(H,26,27)(H,28,29). The Bertz CT molecular complexity index is 446. The zero-order valence-electron chi connectivity index (χ0n) is 18.3. The van der Waals surface area contributed by atoms with E-state index in [1.165, 1.54) is 70.6 Å². The Labute approximate surface area is 176 Å². The zero-order chi connectivity index (χ0) is 22.0. The maximum absolute atomic E-state index is 11.3. The van der Waals surface area contributed by atoms with Crippen LogP contribution >= 0.6 is 0 Å². The smallest absolute Gasteiger partial charge is 0.321 e. The molecule has 6 nitrogen and oxygen atoms in total. The molecule has 0 fully saturated rings. The van der Waals surface area contributed by atoms with Gasteiger partial charge in [-0.25, -0.2) is 0 Å². The van der Waals surface area contributed by atoms with Crippen molar-refractivity contribution in [2.45, 2.75) is 122 Å². The van der Waals surface area contributed by atoms with E-state index in [1.807, 2.05) is 0 Å². The summed E-state index contributed by atoms with van der Waals surface area (Å²) in [6.45, 7) is 2.24. The molecule has 0 spiro atoms. The Kier molecular flexibility index (Phi) is 16.3. The molecule has 170 valence electrons. The molecule has 0 bridgehead atoms. The van der Waals surface area contributed by atoms with E-state index >= 15 is 0 Å². The molecule has 3 N–H and O–H groups in total. The molecule has 0 aromatic carbocycles. The summed E-state index contributed by atoms with van der Waals surface area (Å²) in [4.78, 5) is 33.6. The fourth-order valence-corrected chi connectivity index (χ4v) is 3.78. The van der Waals surface area contributed by atoms with Gasteiger partial charge in [0.2, 0.25) is 0 Å². The topological polar surface area (TPSA) is 112 Å². The Balaban J connectivity index is 3.66. The lowest BCUT2D eigenvalue weighted by atomic mass is 9.79. The number of unbranched alkanes of at least 4 members (excludes halogenated alkanes) is 15. The Morgan fingerprint density at radius 2 is 0.862 bits per heavy atom. The highest BCUT2D eigenvalue weighted by Gasteiger charge is 2.47. The van der Waals surface area contributed by atoms with Crippen LogP contribution in [0, 0.1) is 5.41 Å². The summed E-state index contributed by atoms with van der Waals surface area (Å²) in [5.74, 6) is -4.52. The summed E-state index contributed by atoms with van der Waals surface area (Å²) in [7, 11) is 0. The highest BCUT2D eigenvalue weighted by molar-refractivity contribution is 6.01. The maximum atomic E-state index is 11.3. The zero-order valence-corrected chi connectivity index (χ0v) is 18.3. The third-order valence-corrected chi connectivity index (χ3v) is 5.73. The van der Waals surface area contributed by atoms with E-state index in [-0.39, 0.29) is 6.42 Å². The van der Waals surface area contributed by atoms with Crippen molar-refractivity contribution in [3.05, 3.63) is 0 Å². The van der Waals surface area contributed by atoms with Gasteiger partial charge in [0.15, 0.2) is 5.41 Å². The molecule has 0 saturated heterocycles. The van der Waals surface area contributed by atoms with Crippen LogP contribution in [0.5, 0.6) is 0 Å². The molecule has 0 aliphatic carbocycles. The lowest BCUT2D eigenvalue weighted by molar-refractivity contribution is -0.170. The van der Waals surface area contributed by atoms with Crippen LogP contribution in [-0.2, 0) is 14.4 Å². The highest BCUT2D eigenvalue weighted by atomic mass is 16.4. The Hall–Kier alpha value is -1.59. The third-order valence-electron chi connectivity index (χ3n) is 5.73. The fraction of sp³-hybridized carbons (Fsp3) is 0.870. The number of hydrogen-bond donors (Lipinski definition) is 3. The van der Waals surface area contributed by atoms with Crippen LogP contribution in [0.15, 0.2) is 0 Å². The Morgan fingerprint density at radius 1 is 0.552 bits per heavy atom. The normalized spacial score (nSPS) is 11.5. The average molecular weight is 415 g/mol. The van der Waals surface area contributed by atoms with Crippen molar-refractivity contribution in [1.82, 2.24) is 0 Å². The van der Waals surface area contributed by atoms with Crippen LogP contribution < -0.4 is 0 Å². The molecule has 0 aliphatic rings. The monoisotopic (exact) mass is 414 g/mol. The van der Waals surface area contributed by atoms with Crippen molar-refractivity contribution in [2.75, 3.05) is 0 Å². The van der Waals surface area contributed by atoms with Gasteiger partial charge in [0.05, 0.1) is 6.42 Å². The average Bonchev–Trinajstić information content (AvgIpc) is 2.65. The lowest BCUT2D eigenvalue weighted by Gasteiger charge is -2.22. The molecule has 0 aromatic heterocycles. The molecule has 0 atom stereocenters. The molecule has 0 radical (unpaired) electrons. The van der Waals surface area contributed by atoms with Crippen LogP contribution in [0.4, 0.5) is 0 Å². The molecule has 0 rings (SSSR count). The van der Waals surface area contributed by atoms with Gasteiger partial charge in [0, 0.05) is 0 Å². The SMILES string of the molecule is CCCCCCCCCCCCCCCCCCC(CC(=O)O)(C(=O)O)C(=O)O. The molecule has 0 unspecified atom stereocenters. The summed E-state index contributed by atoms with van der Waals surface area (Å²) >= 11 is 0. The highest BCUT2D eigenvalue weighted by Crippen LogP contribution is 2.30. The maximum Gasteiger partial charge on any atom is 0.321 e. The molecule has 0 aliphatic heterocycles. The van der Waals surface area contributed by atoms with E-state index in [0.29, 0.717) is 6.42 Å². The first-order valence-electron chi connectivity index (χ1n) is 11.6. The molecule has 0 amide bonds. The molecule has 0 heterocycles. The first-order valence-corrected chi connectivity index (χ1v) is 11.6. The van der Waals surface area contributed by atoms with Crippen molar-refractivity contribution >= 4 is 17.9 Å². The van der Waals surface area contributed by atoms with Gasteiger partial charge in [-0.2, -0.15) is 0 Å². The molecule has 0 aromatic rings. The van der Waals surface area contributed by atoms with Gasteiger partial charge in [0.25, 0.3) is 0 Å². The number of hydrogen-bond acceptors (Lipinski definition) is 3. The predicted molar refractivity (Wildman–Crippen MR) is 114 cm³/mol. The summed E-state index contributed by atoms with van der Waals surface area (Å²) < 4.78 is 0. The van der Waals surface area contributed by atoms with Crippen LogP contribution in [0.2, 0.25) is 0 Å². The minimum atomic E-state index is -2.21. The molecule has 6 heteroatoms. The minimum Gasteiger partial charge on any atom is -0.481 e. The van der Waals surface area contributed by atoms with E-state index in [4.69, 9.17) is 5.11 Å². The minimum absolute atomic E-state index is 0.136. The second kappa shape index (κ2) is 17.3. The summed E-state index contributed by atoms with van der Waals surface area (Å²) in [5.41, 5.74) is -2.21. The predicted octanol–water partition coefficient (Wildman–Crippen LogP) is 6.27. The second-order valence-electron chi connectivity index (χ2n) is 8.32. The van der Waals surface area contributed by atoms with Crippen molar-refractivity contribution in [2.24, 2.45) is 5.41 Å². The van der Waals surface area contributed by atoms with Crippen molar-refractivity contribution in [3.8, 4) is 0 Å². The van der Waals surface area contributed by atoms with Crippen molar-refractivity contribution in [1.29, 1.82) is 0 Å². The van der Waals surface area contributed by atoms with Crippen LogP contribution in [0.3, 0.4) is 0 Å². The van der Waals surface area contributed by atoms with E-state index in [2.05, 4.69) is 6.92 Å². The van der Waals surface area contributed by atoms with Gasteiger partial charge >= 0.3 is 17.9 Å². The van der Waals surface area contributed by atoms with Gasteiger partial charge < -0.3 is 15.3 Å². The van der Waals surface area contributed by atoms with Gasteiger partial charge in [-0.1, -0.05) is 110 Å². The van der Waals surface area contributed by atoms with E-state index < -0.39 is 29.7 Å². The van der Waals surface area contributed by atoms with Crippen LogP contribution in [0.1, 0.15) is 122 Å². The van der Waals surface area contributed by atoms with E-state index in [9.17, 15) is 24.6 Å². The number of carbonyl (C=O) groups is 3. The quantitative estimate of drug-likeness (QED) is 0.151. The van der Waals surface area contributed by atoms with Crippen LogP contribution in [0.25, 0.3) is 0 Å². The first-order chi connectivity index (χ1) is 13.9. The molecule has 29 heavy (non-hydrogen) atoms. The van der Waals surface area contributed by atoms with E-state index in [1.54, 1.807) is 0 Å². The van der Waals surface area contributed by atoms with Gasteiger partial charge in [-0.3, -0.25) is 14.4 Å². The Morgan fingerprint density at radius 3 is 1.14 bits per heavy atom. The lowest BCUT2D eigenvalue weighted by Crippen LogP contribution is -2.41. The van der Waals surface area contributed by atoms with Gasteiger partial charge in [-0.15, -0.1) is 0 Å². The molecular weight excluding hydrogens is 372 g/mol. The number of rotatable bonds is 21. The van der Waals surface area contributed by atoms with Crippen molar-refractivity contribution in [3.63, 3.8) is 0 Å². The number of aliphatic carboxylic acids is 3. The fourth-order valence-electron chi connectivity index (χ4n) is 3.78. The number of carboxylic acids is 3. The van der Waals surface area contributed by atoms with Gasteiger partial charge in [-0.05, 0) is 6.42 Å². The third kappa shape index (κ3) is 13.3. The largest absolute Gasteiger partial charge is 0.481 e. The summed E-state index contributed by atoms with van der Waals surface area (Å²) in [5, 5.41) is 27.3. The summed E-state index contributed by atoms with van der Waals surface area (Å²) in [6.07, 6.45) is 17.9.